The highest BCUT2D eigenvalue weighted by atomic mass is 16.5. The number of hydrogen-bond donors (Lipinski definition) is 1. The number of anilines is 2. The Morgan fingerprint density at radius 2 is 1.45 bits per heavy atom. The van der Waals surface area contributed by atoms with Crippen molar-refractivity contribution in [3.05, 3.63) is 84.4 Å². The van der Waals surface area contributed by atoms with Crippen LogP contribution in [0.2, 0.25) is 0 Å². The molecule has 1 amide bonds. The molecule has 1 saturated heterocycles. The van der Waals surface area contributed by atoms with Gasteiger partial charge in [0.1, 0.15) is 18.1 Å². The maximum absolute atomic E-state index is 12.6. The van der Waals surface area contributed by atoms with E-state index in [1.807, 2.05) is 72.8 Å². The van der Waals surface area contributed by atoms with Crippen LogP contribution in [0.5, 0.6) is 11.5 Å². The van der Waals surface area contributed by atoms with Gasteiger partial charge in [-0.3, -0.25) is 4.79 Å². The number of rotatable bonds is 9. The van der Waals surface area contributed by atoms with Gasteiger partial charge in [0.2, 0.25) is 0 Å². The summed E-state index contributed by atoms with van der Waals surface area (Å²) in [6.07, 6.45) is 0. The molecule has 1 N–H and O–H groups in total. The van der Waals surface area contributed by atoms with Gasteiger partial charge in [-0.2, -0.15) is 0 Å². The van der Waals surface area contributed by atoms with Gasteiger partial charge in [-0.05, 0) is 48.5 Å². The van der Waals surface area contributed by atoms with Crippen LogP contribution in [0.25, 0.3) is 0 Å². The number of nitrogens with zero attached hydrogens (tertiary/aromatic N) is 2. The zero-order valence-corrected chi connectivity index (χ0v) is 19.1. The molecule has 0 bridgehead atoms. The van der Waals surface area contributed by atoms with Crippen molar-refractivity contribution in [1.29, 1.82) is 0 Å². The number of likely N-dealkylation sites (N-methyl/N-ethyl adjacent to an activating group) is 1. The van der Waals surface area contributed by atoms with Crippen molar-refractivity contribution in [2.75, 3.05) is 49.5 Å². The van der Waals surface area contributed by atoms with Crippen LogP contribution in [0.15, 0.2) is 78.9 Å². The smallest absolute Gasteiger partial charge is 0.262 e. The average molecular weight is 446 g/mol. The molecule has 3 aromatic rings. The molecule has 0 unspecified atom stereocenters. The van der Waals surface area contributed by atoms with E-state index in [1.165, 1.54) is 0 Å². The van der Waals surface area contributed by atoms with Gasteiger partial charge < -0.3 is 24.6 Å². The molecule has 1 aliphatic heterocycles. The van der Waals surface area contributed by atoms with Gasteiger partial charge in [0, 0.05) is 26.2 Å². The lowest BCUT2D eigenvalue weighted by Crippen LogP contribution is -2.46. The molecule has 3 aromatic carbocycles. The normalized spacial score (nSPS) is 14.0. The zero-order chi connectivity index (χ0) is 22.9. The molecule has 0 saturated carbocycles. The Balaban J connectivity index is 1.27. The number of carbonyl (C=O) groups is 1. The molecule has 6 nitrogen and oxygen atoms in total. The van der Waals surface area contributed by atoms with Crippen molar-refractivity contribution in [2.24, 2.45) is 0 Å². The van der Waals surface area contributed by atoms with E-state index in [2.05, 4.69) is 28.1 Å². The molecule has 0 aliphatic carbocycles. The predicted octanol–water partition coefficient (Wildman–Crippen LogP) is 4.43. The summed E-state index contributed by atoms with van der Waals surface area (Å²) in [5.41, 5.74) is 2.99. The van der Waals surface area contributed by atoms with E-state index >= 15 is 0 Å². The van der Waals surface area contributed by atoms with E-state index in [0.29, 0.717) is 12.4 Å². The Bertz CT molecular complexity index is 1020. The van der Waals surface area contributed by atoms with Crippen molar-refractivity contribution < 1.29 is 14.3 Å². The van der Waals surface area contributed by atoms with Gasteiger partial charge in [0.15, 0.2) is 6.61 Å². The van der Waals surface area contributed by atoms with Gasteiger partial charge >= 0.3 is 0 Å². The number of ether oxygens (including phenoxy) is 2. The number of nitrogens with one attached hydrogen (secondary N) is 1. The minimum atomic E-state index is -0.181. The Hall–Kier alpha value is -3.51. The topological polar surface area (TPSA) is 54.0 Å². The second-order valence-electron chi connectivity index (χ2n) is 8.02. The molecular weight excluding hydrogens is 414 g/mol. The van der Waals surface area contributed by atoms with Crippen LogP contribution in [0.4, 0.5) is 11.4 Å². The van der Waals surface area contributed by atoms with Crippen LogP contribution in [-0.4, -0.2) is 50.1 Å². The third kappa shape index (κ3) is 6.49. The van der Waals surface area contributed by atoms with Gasteiger partial charge in [-0.1, -0.05) is 49.4 Å². The summed E-state index contributed by atoms with van der Waals surface area (Å²) < 4.78 is 11.5. The van der Waals surface area contributed by atoms with Gasteiger partial charge in [0.25, 0.3) is 5.91 Å². The Morgan fingerprint density at radius 1 is 0.818 bits per heavy atom. The Kier molecular flexibility index (Phi) is 7.82. The van der Waals surface area contributed by atoms with E-state index < -0.39 is 0 Å². The molecule has 172 valence electrons. The highest BCUT2D eigenvalue weighted by Crippen LogP contribution is 2.27. The molecule has 0 aromatic heterocycles. The molecule has 1 heterocycles. The highest BCUT2D eigenvalue weighted by Gasteiger charge is 2.18. The maximum Gasteiger partial charge on any atom is 0.262 e. The molecule has 0 spiro atoms. The number of para-hydroxylation sites is 2. The van der Waals surface area contributed by atoms with Crippen LogP contribution in [0.1, 0.15) is 12.5 Å². The number of carbonyl (C=O) groups excluding carboxylic acids is 1. The average Bonchev–Trinajstić information content (AvgIpc) is 2.88. The minimum Gasteiger partial charge on any atom is -0.489 e. The summed E-state index contributed by atoms with van der Waals surface area (Å²) in [7, 11) is 0. The number of amides is 1. The van der Waals surface area contributed by atoms with Crippen molar-refractivity contribution >= 4 is 17.3 Å². The summed E-state index contributed by atoms with van der Waals surface area (Å²) in [6.45, 7) is 7.70. The van der Waals surface area contributed by atoms with Gasteiger partial charge in [-0.15, -0.1) is 0 Å². The van der Waals surface area contributed by atoms with Crippen LogP contribution in [-0.2, 0) is 11.4 Å². The Labute approximate surface area is 195 Å². The SMILES string of the molecule is CCN1CCN(c2ccccc2NC(=O)COc2ccc(OCc3ccccc3)cc2)CC1. The molecule has 0 radical (unpaired) electrons. The first-order chi connectivity index (χ1) is 16.2. The molecule has 1 fully saturated rings. The lowest BCUT2D eigenvalue weighted by Gasteiger charge is -2.36. The highest BCUT2D eigenvalue weighted by molar-refractivity contribution is 5.95. The first-order valence-electron chi connectivity index (χ1n) is 11.5. The van der Waals surface area contributed by atoms with Crippen molar-refractivity contribution in [2.45, 2.75) is 13.5 Å². The molecule has 6 heteroatoms. The lowest BCUT2D eigenvalue weighted by molar-refractivity contribution is -0.118. The third-order valence-corrected chi connectivity index (χ3v) is 5.78. The first kappa shape index (κ1) is 22.7. The first-order valence-corrected chi connectivity index (χ1v) is 11.5. The van der Waals surface area contributed by atoms with Crippen LogP contribution >= 0.6 is 0 Å². The standard InChI is InChI=1S/C27H31N3O3/c1-2-29-16-18-30(19-17-29)26-11-7-6-10-25(26)28-27(31)21-33-24-14-12-23(13-15-24)32-20-22-8-4-3-5-9-22/h3-15H,2,16-21H2,1H3,(H,28,31). The van der Waals surface area contributed by atoms with E-state index in [9.17, 15) is 4.79 Å². The summed E-state index contributed by atoms with van der Waals surface area (Å²) >= 11 is 0. The Morgan fingerprint density at radius 3 is 2.15 bits per heavy atom. The fraction of sp³-hybridized carbons (Fsp3) is 0.296. The van der Waals surface area contributed by atoms with E-state index in [-0.39, 0.29) is 12.5 Å². The fourth-order valence-corrected chi connectivity index (χ4v) is 3.87. The van der Waals surface area contributed by atoms with E-state index in [1.54, 1.807) is 0 Å². The second kappa shape index (κ2) is 11.4. The predicted molar refractivity (Wildman–Crippen MR) is 132 cm³/mol. The molecule has 0 atom stereocenters. The molecule has 33 heavy (non-hydrogen) atoms. The number of hydrogen-bond acceptors (Lipinski definition) is 5. The van der Waals surface area contributed by atoms with Gasteiger partial charge in [0.05, 0.1) is 11.4 Å². The lowest BCUT2D eigenvalue weighted by atomic mass is 10.2. The molecule has 4 rings (SSSR count). The monoisotopic (exact) mass is 445 g/mol. The fourth-order valence-electron chi connectivity index (χ4n) is 3.87. The van der Waals surface area contributed by atoms with E-state index in [0.717, 1.165) is 55.4 Å². The summed E-state index contributed by atoms with van der Waals surface area (Å²) in [4.78, 5) is 17.3. The summed E-state index contributed by atoms with van der Waals surface area (Å²) in [6, 6.07) is 25.3. The van der Waals surface area contributed by atoms with Gasteiger partial charge in [-0.25, -0.2) is 0 Å². The maximum atomic E-state index is 12.6. The largest absolute Gasteiger partial charge is 0.489 e. The quantitative estimate of drug-likeness (QED) is 0.528. The number of benzene rings is 3. The van der Waals surface area contributed by atoms with Crippen molar-refractivity contribution in [3.63, 3.8) is 0 Å². The number of piperazine rings is 1. The summed E-state index contributed by atoms with van der Waals surface area (Å²) in [5, 5.41) is 3.01. The van der Waals surface area contributed by atoms with E-state index in [4.69, 9.17) is 9.47 Å². The molecule has 1 aliphatic rings. The molecular formula is C27H31N3O3. The third-order valence-electron chi connectivity index (χ3n) is 5.78. The van der Waals surface area contributed by atoms with Crippen LogP contribution in [0.3, 0.4) is 0 Å². The second-order valence-corrected chi connectivity index (χ2v) is 8.02. The summed E-state index contributed by atoms with van der Waals surface area (Å²) in [5.74, 6) is 1.20. The zero-order valence-electron chi connectivity index (χ0n) is 19.1. The minimum absolute atomic E-state index is 0.0534. The van der Waals surface area contributed by atoms with Crippen LogP contribution in [0, 0.1) is 0 Å². The van der Waals surface area contributed by atoms with Crippen LogP contribution < -0.4 is 19.7 Å². The van der Waals surface area contributed by atoms with Crippen molar-refractivity contribution in [3.8, 4) is 11.5 Å². The van der Waals surface area contributed by atoms with Crippen molar-refractivity contribution in [1.82, 2.24) is 4.90 Å².